The Morgan fingerprint density at radius 2 is 2.37 bits per heavy atom. The lowest BCUT2D eigenvalue weighted by molar-refractivity contribution is -0.117. The first-order valence-electron chi connectivity index (χ1n) is 6.69. The number of nitrogens with two attached hydrogens (primary N) is 1. The molecule has 1 aliphatic heterocycles. The molecule has 2 rings (SSSR count). The summed E-state index contributed by atoms with van der Waals surface area (Å²) in [5, 5.41) is 3.31. The van der Waals surface area contributed by atoms with Gasteiger partial charge in [0.1, 0.15) is 0 Å². The highest BCUT2D eigenvalue weighted by atomic mass is 35.5. The lowest BCUT2D eigenvalue weighted by Crippen LogP contribution is -2.36. The van der Waals surface area contributed by atoms with Crippen LogP contribution in [0.5, 0.6) is 0 Å². The Bertz CT molecular complexity index is 464. The molecule has 1 aromatic rings. The maximum atomic E-state index is 12.0. The highest BCUT2D eigenvalue weighted by Crippen LogP contribution is 2.24. The highest BCUT2D eigenvalue weighted by Gasteiger charge is 2.24. The number of hydrogen-bond donors (Lipinski definition) is 2. The van der Waals surface area contributed by atoms with Gasteiger partial charge in [0.15, 0.2) is 0 Å². The molecule has 104 valence electrons. The number of hydrogen-bond acceptors (Lipinski definition) is 3. The molecule has 3 N–H and O–H groups in total. The number of nitrogens with zero attached hydrogens (tertiary/aromatic N) is 1. The molecule has 0 aliphatic carbocycles. The van der Waals surface area contributed by atoms with Gasteiger partial charge in [-0.2, -0.15) is 0 Å². The van der Waals surface area contributed by atoms with Crippen LogP contribution in [0.2, 0.25) is 5.02 Å². The molecule has 0 spiro atoms. The number of nitrogens with one attached hydrogen (secondary N) is 1. The van der Waals surface area contributed by atoms with Gasteiger partial charge in [0.05, 0.1) is 17.3 Å². The minimum Gasteiger partial charge on any atom is -0.399 e. The summed E-state index contributed by atoms with van der Waals surface area (Å²) in [6, 6.07) is 5.64. The molecule has 0 bridgehead atoms. The molecule has 0 aromatic heterocycles. The van der Waals surface area contributed by atoms with Gasteiger partial charge in [0.25, 0.3) is 0 Å². The molecule has 1 fully saturated rings. The second-order valence-corrected chi connectivity index (χ2v) is 5.37. The molecule has 1 aromatic carbocycles. The first kappa shape index (κ1) is 14.2. The van der Waals surface area contributed by atoms with Crippen LogP contribution in [0.15, 0.2) is 18.2 Å². The molecule has 1 atom stereocenters. The van der Waals surface area contributed by atoms with Crippen LogP contribution in [0, 0.1) is 0 Å². The number of rotatable bonds is 4. The molecule has 0 saturated carbocycles. The quantitative estimate of drug-likeness (QED) is 0.835. The van der Waals surface area contributed by atoms with Crippen LogP contribution in [0.4, 0.5) is 11.4 Å². The van der Waals surface area contributed by atoms with Gasteiger partial charge < -0.3 is 11.1 Å². The first-order valence-corrected chi connectivity index (χ1v) is 7.07. The van der Waals surface area contributed by atoms with E-state index in [1.54, 1.807) is 18.2 Å². The third-order valence-electron chi connectivity index (χ3n) is 3.58. The number of anilines is 2. The van der Waals surface area contributed by atoms with E-state index in [9.17, 15) is 4.79 Å². The van der Waals surface area contributed by atoms with Crippen LogP contribution < -0.4 is 11.1 Å². The van der Waals surface area contributed by atoms with Crippen molar-refractivity contribution < 1.29 is 4.79 Å². The molecule has 1 unspecified atom stereocenters. The van der Waals surface area contributed by atoms with E-state index in [4.69, 9.17) is 17.3 Å². The number of amides is 1. The molecular weight excluding hydrogens is 262 g/mol. The average Bonchev–Trinajstić information content (AvgIpc) is 2.80. The van der Waals surface area contributed by atoms with Crippen LogP contribution in [-0.4, -0.2) is 29.9 Å². The Balaban J connectivity index is 1.94. The maximum Gasteiger partial charge on any atom is 0.238 e. The topological polar surface area (TPSA) is 58.4 Å². The monoisotopic (exact) mass is 281 g/mol. The Kier molecular flexibility index (Phi) is 4.66. The zero-order chi connectivity index (χ0) is 13.8. The summed E-state index contributed by atoms with van der Waals surface area (Å²) in [7, 11) is 0. The zero-order valence-electron chi connectivity index (χ0n) is 11.2. The molecule has 4 nitrogen and oxygen atoms in total. The number of carbonyl (C=O) groups is 1. The van der Waals surface area contributed by atoms with Crippen LogP contribution in [0.3, 0.4) is 0 Å². The molecular formula is C14H20ClN3O. The van der Waals surface area contributed by atoms with Crippen molar-refractivity contribution in [2.24, 2.45) is 0 Å². The van der Waals surface area contributed by atoms with Crippen molar-refractivity contribution in [2.45, 2.75) is 32.2 Å². The van der Waals surface area contributed by atoms with E-state index < -0.39 is 0 Å². The summed E-state index contributed by atoms with van der Waals surface area (Å²) in [5.74, 6) is -0.0213. The maximum absolute atomic E-state index is 12.0. The summed E-state index contributed by atoms with van der Waals surface area (Å²) in [6.07, 6.45) is 3.46. The largest absolute Gasteiger partial charge is 0.399 e. The molecule has 1 aliphatic rings. The average molecular weight is 282 g/mol. The summed E-state index contributed by atoms with van der Waals surface area (Å²) in [6.45, 7) is 3.60. The number of carbonyl (C=O) groups excluding carboxylic acids is 1. The number of nitrogen functional groups attached to an aromatic ring is 1. The summed E-state index contributed by atoms with van der Waals surface area (Å²) < 4.78 is 0. The van der Waals surface area contributed by atoms with Crippen molar-refractivity contribution in [1.29, 1.82) is 0 Å². The molecule has 1 amide bonds. The summed E-state index contributed by atoms with van der Waals surface area (Å²) >= 11 is 6.04. The third kappa shape index (κ3) is 3.61. The lowest BCUT2D eigenvalue weighted by atomic mass is 10.2. The van der Waals surface area contributed by atoms with E-state index in [0.29, 0.717) is 29.0 Å². The van der Waals surface area contributed by atoms with Crippen LogP contribution in [0.1, 0.15) is 26.2 Å². The summed E-state index contributed by atoms with van der Waals surface area (Å²) in [5.41, 5.74) is 6.83. The molecule has 1 heterocycles. The number of halogens is 1. The van der Waals surface area contributed by atoms with E-state index >= 15 is 0 Å². The van der Waals surface area contributed by atoms with Crippen molar-refractivity contribution in [2.75, 3.05) is 24.1 Å². The van der Waals surface area contributed by atoms with E-state index in [0.717, 1.165) is 13.0 Å². The number of likely N-dealkylation sites (tertiary alicyclic amines) is 1. The van der Waals surface area contributed by atoms with E-state index in [-0.39, 0.29) is 5.91 Å². The lowest BCUT2D eigenvalue weighted by Gasteiger charge is -2.22. The normalized spacial score (nSPS) is 19.6. The Morgan fingerprint density at radius 1 is 1.58 bits per heavy atom. The van der Waals surface area contributed by atoms with Crippen LogP contribution in [0.25, 0.3) is 0 Å². The van der Waals surface area contributed by atoms with Gasteiger partial charge >= 0.3 is 0 Å². The predicted molar refractivity (Wildman–Crippen MR) is 79.4 cm³/mol. The van der Waals surface area contributed by atoms with E-state index in [2.05, 4.69) is 17.1 Å². The van der Waals surface area contributed by atoms with Gasteiger partial charge in [-0.15, -0.1) is 0 Å². The van der Waals surface area contributed by atoms with Gasteiger partial charge in [-0.05, 0) is 44.0 Å². The first-order chi connectivity index (χ1) is 9.10. The molecule has 0 radical (unpaired) electrons. The Morgan fingerprint density at radius 3 is 3.05 bits per heavy atom. The smallest absolute Gasteiger partial charge is 0.238 e. The SMILES string of the molecule is CCC1CCCN1CC(=O)Nc1ccc(N)cc1Cl. The predicted octanol–water partition coefficient (Wildman–Crippen LogP) is 2.74. The fraction of sp³-hybridized carbons (Fsp3) is 0.500. The fourth-order valence-electron chi connectivity index (χ4n) is 2.57. The molecule has 5 heteroatoms. The minimum absolute atomic E-state index is 0.0213. The zero-order valence-corrected chi connectivity index (χ0v) is 11.9. The molecule has 1 saturated heterocycles. The van der Waals surface area contributed by atoms with Crippen molar-refractivity contribution >= 4 is 28.9 Å². The van der Waals surface area contributed by atoms with Gasteiger partial charge in [0, 0.05) is 11.7 Å². The van der Waals surface area contributed by atoms with Crippen molar-refractivity contribution in [3.8, 4) is 0 Å². The van der Waals surface area contributed by atoms with E-state index in [1.165, 1.54) is 12.8 Å². The second-order valence-electron chi connectivity index (χ2n) is 4.96. The van der Waals surface area contributed by atoms with Gasteiger partial charge in [-0.25, -0.2) is 0 Å². The van der Waals surface area contributed by atoms with Gasteiger partial charge in [-0.3, -0.25) is 9.69 Å². The van der Waals surface area contributed by atoms with E-state index in [1.807, 2.05) is 0 Å². The van der Waals surface area contributed by atoms with Crippen LogP contribution >= 0.6 is 11.6 Å². The Hall–Kier alpha value is -1.26. The minimum atomic E-state index is -0.0213. The van der Waals surface area contributed by atoms with Crippen molar-refractivity contribution in [1.82, 2.24) is 4.90 Å². The van der Waals surface area contributed by atoms with Gasteiger partial charge in [-0.1, -0.05) is 18.5 Å². The third-order valence-corrected chi connectivity index (χ3v) is 3.90. The van der Waals surface area contributed by atoms with Crippen LogP contribution in [-0.2, 0) is 4.79 Å². The Labute approximate surface area is 118 Å². The second kappa shape index (κ2) is 6.26. The van der Waals surface area contributed by atoms with Crippen molar-refractivity contribution in [3.63, 3.8) is 0 Å². The van der Waals surface area contributed by atoms with Crippen molar-refractivity contribution in [3.05, 3.63) is 23.2 Å². The molecule has 19 heavy (non-hydrogen) atoms. The van der Waals surface area contributed by atoms with Gasteiger partial charge in [0.2, 0.25) is 5.91 Å². The fourth-order valence-corrected chi connectivity index (χ4v) is 2.81. The standard InChI is InChI=1S/C14H20ClN3O/c1-2-11-4-3-7-18(11)9-14(19)17-13-6-5-10(16)8-12(13)15/h5-6,8,11H,2-4,7,9,16H2,1H3,(H,17,19). The highest BCUT2D eigenvalue weighted by molar-refractivity contribution is 6.34. The number of benzene rings is 1. The summed E-state index contributed by atoms with van der Waals surface area (Å²) in [4.78, 5) is 14.3.